The van der Waals surface area contributed by atoms with E-state index in [0.717, 1.165) is 29.2 Å². The van der Waals surface area contributed by atoms with Crippen molar-refractivity contribution in [2.45, 2.75) is 57.3 Å². The topological polar surface area (TPSA) is 121 Å². The van der Waals surface area contributed by atoms with Crippen molar-refractivity contribution in [2.24, 2.45) is 5.73 Å². The Morgan fingerprint density at radius 3 is 2.71 bits per heavy atom. The average Bonchev–Trinajstić information content (AvgIpc) is 3.61. The maximum Gasteiger partial charge on any atom is 0.340 e. The molecule has 34 heavy (non-hydrogen) atoms. The van der Waals surface area contributed by atoms with Crippen LogP contribution in [0.1, 0.15) is 61.1 Å². The maximum atomic E-state index is 12.2. The lowest BCUT2D eigenvalue weighted by molar-refractivity contribution is 0.0235. The van der Waals surface area contributed by atoms with E-state index in [2.05, 4.69) is 15.3 Å². The van der Waals surface area contributed by atoms with E-state index in [4.69, 9.17) is 24.9 Å². The van der Waals surface area contributed by atoms with Gasteiger partial charge in [0.1, 0.15) is 23.8 Å². The van der Waals surface area contributed by atoms with Crippen molar-refractivity contribution in [3.05, 3.63) is 47.4 Å². The average molecular weight is 464 g/mol. The van der Waals surface area contributed by atoms with E-state index >= 15 is 0 Å². The van der Waals surface area contributed by atoms with Gasteiger partial charge in [0.05, 0.1) is 28.8 Å². The number of esters is 1. The van der Waals surface area contributed by atoms with E-state index in [1.54, 1.807) is 31.6 Å². The standard InChI is InChI=1S/C25H29N5O4/c1-13-14(2)33-24(31)16-7-8-20(30-22(13)16)29-21-9-17-18(10-27-21)23(34-15-5-6-15)28-11-19(17)25(3,26)12-32-4/h7-11,13-15H,5-6,12,26H2,1-4H3,(H,27,29,30)/t13-,14-,25-/m1/s1. The maximum absolute atomic E-state index is 12.2. The molecule has 1 saturated carbocycles. The zero-order valence-corrected chi connectivity index (χ0v) is 19.8. The fourth-order valence-corrected chi connectivity index (χ4v) is 4.20. The van der Waals surface area contributed by atoms with Crippen LogP contribution in [0.2, 0.25) is 0 Å². The van der Waals surface area contributed by atoms with Gasteiger partial charge < -0.3 is 25.3 Å². The SMILES string of the molecule is COC[C@@](C)(N)c1cnc(OC2CC2)c2cnc(Nc3ccc4c(n3)[C@H](C)[C@@H](C)OC4=O)cc12. The minimum absolute atomic E-state index is 0.00851. The number of aromatic nitrogens is 3. The number of pyridine rings is 3. The molecular formula is C25H29N5O4. The van der Waals surface area contributed by atoms with Crippen LogP contribution in [0.25, 0.3) is 10.8 Å². The Morgan fingerprint density at radius 1 is 1.18 bits per heavy atom. The summed E-state index contributed by atoms with van der Waals surface area (Å²) in [6.45, 7) is 6.11. The number of rotatable bonds is 7. The third-order valence-electron chi connectivity index (χ3n) is 6.43. The summed E-state index contributed by atoms with van der Waals surface area (Å²) < 4.78 is 16.8. The van der Waals surface area contributed by atoms with Crippen molar-refractivity contribution in [2.75, 3.05) is 19.0 Å². The number of cyclic esters (lactones) is 1. The van der Waals surface area contributed by atoms with E-state index in [9.17, 15) is 4.79 Å². The molecule has 178 valence electrons. The second-order valence-corrected chi connectivity index (χ2v) is 9.41. The second-order valence-electron chi connectivity index (χ2n) is 9.41. The minimum atomic E-state index is -0.757. The van der Waals surface area contributed by atoms with Crippen LogP contribution >= 0.6 is 0 Å². The zero-order chi connectivity index (χ0) is 24.0. The van der Waals surface area contributed by atoms with Crippen LogP contribution in [0.5, 0.6) is 5.88 Å². The number of nitrogens with one attached hydrogen (secondary N) is 1. The van der Waals surface area contributed by atoms with Gasteiger partial charge in [-0.05, 0) is 50.3 Å². The van der Waals surface area contributed by atoms with Gasteiger partial charge in [-0.15, -0.1) is 0 Å². The molecule has 1 aliphatic carbocycles. The van der Waals surface area contributed by atoms with Gasteiger partial charge in [0.25, 0.3) is 0 Å². The molecule has 2 aliphatic rings. The lowest BCUT2D eigenvalue weighted by atomic mass is 9.91. The van der Waals surface area contributed by atoms with Gasteiger partial charge in [0, 0.05) is 31.0 Å². The summed E-state index contributed by atoms with van der Waals surface area (Å²) in [5.74, 6) is 1.39. The molecule has 0 radical (unpaired) electrons. The number of hydrogen-bond acceptors (Lipinski definition) is 9. The van der Waals surface area contributed by atoms with Crippen molar-refractivity contribution in [1.82, 2.24) is 15.0 Å². The van der Waals surface area contributed by atoms with Crippen molar-refractivity contribution >= 4 is 28.4 Å². The number of carbonyl (C=O) groups is 1. The molecule has 1 fully saturated rings. The highest BCUT2D eigenvalue weighted by Crippen LogP contribution is 2.36. The van der Waals surface area contributed by atoms with E-state index in [1.165, 1.54) is 0 Å². The summed E-state index contributed by atoms with van der Waals surface area (Å²) in [4.78, 5) is 26.1. The van der Waals surface area contributed by atoms with Crippen LogP contribution in [0.4, 0.5) is 11.6 Å². The summed E-state index contributed by atoms with van der Waals surface area (Å²) in [5.41, 5.74) is 7.89. The number of carbonyl (C=O) groups excluding carboxylic acids is 1. The van der Waals surface area contributed by atoms with Crippen molar-refractivity contribution in [1.29, 1.82) is 0 Å². The summed E-state index contributed by atoms with van der Waals surface area (Å²) in [6.07, 6.45) is 5.54. The summed E-state index contributed by atoms with van der Waals surface area (Å²) in [5, 5.41) is 4.95. The predicted molar refractivity (Wildman–Crippen MR) is 127 cm³/mol. The Kier molecular flexibility index (Phi) is 5.61. The largest absolute Gasteiger partial charge is 0.474 e. The lowest BCUT2D eigenvalue weighted by Crippen LogP contribution is -2.38. The summed E-state index contributed by atoms with van der Waals surface area (Å²) in [6, 6.07) is 5.42. The van der Waals surface area contributed by atoms with Gasteiger partial charge in [0.2, 0.25) is 5.88 Å². The highest BCUT2D eigenvalue weighted by atomic mass is 16.5. The molecule has 0 unspecified atom stereocenters. The number of hydrogen-bond donors (Lipinski definition) is 2. The third-order valence-corrected chi connectivity index (χ3v) is 6.43. The fourth-order valence-electron chi connectivity index (χ4n) is 4.20. The Balaban J connectivity index is 1.54. The van der Waals surface area contributed by atoms with Crippen LogP contribution in [0, 0.1) is 0 Å². The quantitative estimate of drug-likeness (QED) is 0.504. The van der Waals surface area contributed by atoms with Gasteiger partial charge in [-0.2, -0.15) is 0 Å². The molecule has 0 saturated heterocycles. The number of fused-ring (bicyclic) bond motifs is 2. The van der Waals surface area contributed by atoms with Crippen molar-refractivity contribution in [3.63, 3.8) is 0 Å². The lowest BCUT2D eigenvalue weighted by Gasteiger charge is -2.27. The Labute approximate surface area is 198 Å². The molecule has 5 rings (SSSR count). The Bertz CT molecular complexity index is 1260. The Morgan fingerprint density at radius 2 is 1.97 bits per heavy atom. The monoisotopic (exact) mass is 463 g/mol. The molecule has 4 heterocycles. The molecule has 3 aromatic heterocycles. The highest BCUT2D eigenvalue weighted by Gasteiger charge is 2.32. The molecule has 3 aromatic rings. The first kappa shape index (κ1) is 22.5. The van der Waals surface area contributed by atoms with Crippen LogP contribution in [-0.2, 0) is 15.0 Å². The molecule has 0 spiro atoms. The van der Waals surface area contributed by atoms with Crippen LogP contribution in [-0.4, -0.2) is 46.8 Å². The molecule has 3 atom stereocenters. The van der Waals surface area contributed by atoms with Gasteiger partial charge in [-0.25, -0.2) is 19.7 Å². The van der Waals surface area contributed by atoms with E-state index < -0.39 is 5.54 Å². The second kappa shape index (κ2) is 8.48. The normalized spacial score (nSPS) is 21.5. The molecule has 0 bridgehead atoms. The van der Waals surface area contributed by atoms with Crippen molar-refractivity contribution in [3.8, 4) is 5.88 Å². The first-order valence-electron chi connectivity index (χ1n) is 11.5. The Hall–Kier alpha value is -3.30. The first-order valence-corrected chi connectivity index (χ1v) is 11.5. The molecule has 0 aromatic carbocycles. The van der Waals surface area contributed by atoms with Crippen molar-refractivity contribution < 1.29 is 19.0 Å². The molecule has 1 aliphatic heterocycles. The number of nitrogens with two attached hydrogens (primary N) is 1. The molecule has 9 heteroatoms. The third kappa shape index (κ3) is 4.17. The number of anilines is 2. The smallest absolute Gasteiger partial charge is 0.340 e. The molecular weight excluding hydrogens is 434 g/mol. The van der Waals surface area contributed by atoms with Crippen LogP contribution < -0.4 is 15.8 Å². The number of methoxy groups -OCH3 is 1. The fraction of sp³-hybridized carbons (Fsp3) is 0.440. The van der Waals surface area contributed by atoms with E-state index in [0.29, 0.717) is 35.4 Å². The van der Waals surface area contributed by atoms with Gasteiger partial charge in [0.15, 0.2) is 0 Å². The van der Waals surface area contributed by atoms with Crippen LogP contribution in [0.3, 0.4) is 0 Å². The molecule has 0 amide bonds. The predicted octanol–water partition coefficient (Wildman–Crippen LogP) is 3.79. The number of ether oxygens (including phenoxy) is 3. The summed E-state index contributed by atoms with van der Waals surface area (Å²) in [7, 11) is 1.62. The van der Waals surface area contributed by atoms with Gasteiger partial charge in [-0.1, -0.05) is 6.92 Å². The van der Waals surface area contributed by atoms with E-state index in [-0.39, 0.29) is 24.1 Å². The van der Waals surface area contributed by atoms with Gasteiger partial charge in [-0.3, -0.25) is 0 Å². The highest BCUT2D eigenvalue weighted by molar-refractivity contribution is 5.93. The molecule has 9 nitrogen and oxygen atoms in total. The first-order chi connectivity index (χ1) is 16.3. The zero-order valence-electron chi connectivity index (χ0n) is 19.8. The van der Waals surface area contributed by atoms with Crippen LogP contribution in [0.15, 0.2) is 30.6 Å². The minimum Gasteiger partial charge on any atom is -0.474 e. The van der Waals surface area contributed by atoms with Gasteiger partial charge >= 0.3 is 5.97 Å². The molecule has 3 N–H and O–H groups in total. The summed E-state index contributed by atoms with van der Waals surface area (Å²) >= 11 is 0. The van der Waals surface area contributed by atoms with E-state index in [1.807, 2.05) is 26.8 Å². The number of nitrogens with zero attached hydrogens (tertiary/aromatic N) is 3.